The maximum atomic E-state index is 13.1. The van der Waals surface area contributed by atoms with Gasteiger partial charge in [-0.2, -0.15) is 5.10 Å². The van der Waals surface area contributed by atoms with E-state index in [1.807, 2.05) is 86.6 Å². The molecular weight excluding hydrogens is 460 g/mol. The highest BCUT2D eigenvalue weighted by Gasteiger charge is 2.17. The van der Waals surface area contributed by atoms with Crippen LogP contribution in [0.4, 0.5) is 11.5 Å². The van der Waals surface area contributed by atoms with Gasteiger partial charge < -0.3 is 10.6 Å². The molecule has 0 radical (unpaired) electrons. The van der Waals surface area contributed by atoms with Crippen LogP contribution in [0.25, 0.3) is 16.9 Å². The number of para-hydroxylation sites is 2. The lowest BCUT2D eigenvalue weighted by atomic mass is 10.0. The van der Waals surface area contributed by atoms with Crippen LogP contribution in [-0.2, 0) is 6.42 Å². The molecular formula is C30H30N6O. The number of nitrogens with one attached hydrogen (secondary N) is 2. The fraction of sp³-hybridized carbons (Fsp3) is 0.200. The Morgan fingerprint density at radius 1 is 0.892 bits per heavy atom. The highest BCUT2D eigenvalue weighted by Crippen LogP contribution is 2.25. The Hall–Kier alpha value is -4.52. The standard InChI is InChI=1S/C30H30N6O/c1-4-24(18-22-11-6-5-7-12-22)32-30(37)23-13-10-14-25(19-23)31-28-29(36-21(3)17-20(2)35-36)34-27-16-9-8-15-26(27)33-28/h5-17,19,24H,4,18H2,1-3H3,(H,31,33)(H,32,37)/t24-/m1/s1. The zero-order valence-corrected chi connectivity index (χ0v) is 21.3. The fourth-order valence-electron chi connectivity index (χ4n) is 4.41. The first-order valence-corrected chi connectivity index (χ1v) is 12.5. The highest BCUT2D eigenvalue weighted by atomic mass is 16.1. The fourth-order valence-corrected chi connectivity index (χ4v) is 4.41. The Labute approximate surface area is 216 Å². The first kappa shape index (κ1) is 24.2. The normalized spacial score (nSPS) is 11.9. The van der Waals surface area contributed by atoms with Crippen molar-refractivity contribution in [1.29, 1.82) is 0 Å². The monoisotopic (exact) mass is 490 g/mol. The lowest BCUT2D eigenvalue weighted by molar-refractivity contribution is 0.0936. The van der Waals surface area contributed by atoms with Crippen LogP contribution in [0, 0.1) is 13.8 Å². The second kappa shape index (κ2) is 10.6. The van der Waals surface area contributed by atoms with Crippen LogP contribution in [0.1, 0.15) is 40.7 Å². The number of fused-ring (bicyclic) bond motifs is 1. The van der Waals surface area contributed by atoms with E-state index in [2.05, 4.69) is 34.8 Å². The number of aryl methyl sites for hydroxylation is 2. The van der Waals surface area contributed by atoms with E-state index >= 15 is 0 Å². The van der Waals surface area contributed by atoms with Gasteiger partial charge in [-0.05, 0) is 68.7 Å². The number of carbonyl (C=O) groups is 1. The van der Waals surface area contributed by atoms with Gasteiger partial charge in [0, 0.05) is 23.0 Å². The summed E-state index contributed by atoms with van der Waals surface area (Å²) >= 11 is 0. The van der Waals surface area contributed by atoms with Gasteiger partial charge >= 0.3 is 0 Å². The minimum atomic E-state index is -0.102. The number of benzene rings is 3. The van der Waals surface area contributed by atoms with Crippen LogP contribution in [-0.4, -0.2) is 31.7 Å². The maximum Gasteiger partial charge on any atom is 0.251 e. The zero-order chi connectivity index (χ0) is 25.8. The number of hydrogen-bond donors (Lipinski definition) is 2. The summed E-state index contributed by atoms with van der Waals surface area (Å²) in [7, 11) is 0. The number of hydrogen-bond acceptors (Lipinski definition) is 5. The van der Waals surface area contributed by atoms with Crippen LogP contribution in [0.15, 0.2) is 84.9 Å². The molecule has 2 heterocycles. The van der Waals surface area contributed by atoms with E-state index in [9.17, 15) is 4.79 Å². The average Bonchev–Trinajstić information content (AvgIpc) is 3.26. The lowest BCUT2D eigenvalue weighted by Gasteiger charge is -2.18. The summed E-state index contributed by atoms with van der Waals surface area (Å²) in [6, 6.07) is 27.5. The van der Waals surface area contributed by atoms with Gasteiger partial charge in [-0.25, -0.2) is 14.6 Å². The molecule has 2 N–H and O–H groups in total. The summed E-state index contributed by atoms with van der Waals surface area (Å²) < 4.78 is 1.79. The molecule has 3 aromatic carbocycles. The SMILES string of the molecule is CC[C@H](Cc1ccccc1)NC(=O)c1cccc(Nc2nc3ccccc3nc2-n2nc(C)cc2C)c1. The van der Waals surface area contributed by atoms with E-state index in [-0.39, 0.29) is 11.9 Å². The van der Waals surface area contributed by atoms with Crippen molar-refractivity contribution < 1.29 is 4.79 Å². The van der Waals surface area contributed by atoms with E-state index in [0.29, 0.717) is 17.2 Å². The predicted molar refractivity (Wildman–Crippen MR) is 148 cm³/mol. The predicted octanol–water partition coefficient (Wildman–Crippen LogP) is 5.93. The zero-order valence-electron chi connectivity index (χ0n) is 21.3. The molecule has 2 aromatic heterocycles. The van der Waals surface area contributed by atoms with E-state index in [4.69, 9.17) is 9.97 Å². The number of nitrogens with zero attached hydrogens (tertiary/aromatic N) is 4. The van der Waals surface area contributed by atoms with E-state index in [0.717, 1.165) is 41.0 Å². The molecule has 1 atom stereocenters. The van der Waals surface area contributed by atoms with Crippen LogP contribution >= 0.6 is 0 Å². The second-order valence-corrected chi connectivity index (χ2v) is 9.20. The topological polar surface area (TPSA) is 84.7 Å². The molecule has 186 valence electrons. The quantitative estimate of drug-likeness (QED) is 0.282. The van der Waals surface area contributed by atoms with Crippen LogP contribution in [0.2, 0.25) is 0 Å². The van der Waals surface area contributed by atoms with Crippen molar-refractivity contribution in [3.63, 3.8) is 0 Å². The van der Waals surface area contributed by atoms with Crippen molar-refractivity contribution in [2.75, 3.05) is 5.32 Å². The summed E-state index contributed by atoms with van der Waals surface area (Å²) in [5.41, 5.74) is 5.95. The van der Waals surface area contributed by atoms with Crippen molar-refractivity contribution in [3.8, 4) is 5.82 Å². The molecule has 7 heteroatoms. The largest absolute Gasteiger partial charge is 0.349 e. The van der Waals surface area contributed by atoms with Crippen molar-refractivity contribution in [2.45, 2.75) is 39.7 Å². The minimum Gasteiger partial charge on any atom is -0.349 e. The van der Waals surface area contributed by atoms with Crippen molar-refractivity contribution in [3.05, 3.63) is 107 Å². The number of anilines is 2. The molecule has 37 heavy (non-hydrogen) atoms. The summed E-state index contributed by atoms with van der Waals surface area (Å²) in [6.45, 7) is 6.03. The second-order valence-electron chi connectivity index (χ2n) is 9.20. The molecule has 0 saturated heterocycles. The Morgan fingerprint density at radius 2 is 1.62 bits per heavy atom. The molecule has 0 unspecified atom stereocenters. The molecule has 0 aliphatic rings. The molecule has 1 amide bonds. The number of aromatic nitrogens is 4. The van der Waals surface area contributed by atoms with Crippen LogP contribution < -0.4 is 10.6 Å². The number of rotatable bonds is 8. The molecule has 0 aliphatic heterocycles. The third-order valence-electron chi connectivity index (χ3n) is 6.30. The Kier molecular flexibility index (Phi) is 6.94. The molecule has 0 saturated carbocycles. The molecule has 5 aromatic rings. The number of carbonyl (C=O) groups excluding carboxylic acids is 1. The Bertz CT molecular complexity index is 1540. The third-order valence-corrected chi connectivity index (χ3v) is 6.30. The van der Waals surface area contributed by atoms with Gasteiger partial charge in [0.2, 0.25) is 0 Å². The smallest absolute Gasteiger partial charge is 0.251 e. The third kappa shape index (κ3) is 5.51. The van der Waals surface area contributed by atoms with Gasteiger partial charge in [-0.15, -0.1) is 0 Å². The molecule has 0 bridgehead atoms. The summed E-state index contributed by atoms with van der Waals surface area (Å²) in [5.74, 6) is 1.07. The highest BCUT2D eigenvalue weighted by molar-refractivity contribution is 5.95. The first-order chi connectivity index (χ1) is 18.0. The molecule has 0 spiro atoms. The molecule has 0 aliphatic carbocycles. The summed E-state index contributed by atoms with van der Waals surface area (Å²) in [4.78, 5) is 22.8. The van der Waals surface area contributed by atoms with Gasteiger partial charge in [-0.1, -0.05) is 55.5 Å². The van der Waals surface area contributed by atoms with Crippen molar-refractivity contribution in [1.82, 2.24) is 25.1 Å². The van der Waals surface area contributed by atoms with Gasteiger partial charge in [0.25, 0.3) is 5.91 Å². The van der Waals surface area contributed by atoms with E-state index < -0.39 is 0 Å². The van der Waals surface area contributed by atoms with Gasteiger partial charge in [0.15, 0.2) is 11.6 Å². The van der Waals surface area contributed by atoms with Gasteiger partial charge in [-0.3, -0.25) is 4.79 Å². The summed E-state index contributed by atoms with van der Waals surface area (Å²) in [6.07, 6.45) is 1.64. The van der Waals surface area contributed by atoms with E-state index in [1.165, 1.54) is 5.56 Å². The lowest BCUT2D eigenvalue weighted by Crippen LogP contribution is -2.36. The van der Waals surface area contributed by atoms with Crippen molar-refractivity contribution >= 4 is 28.4 Å². The van der Waals surface area contributed by atoms with Gasteiger partial charge in [0.05, 0.1) is 16.7 Å². The van der Waals surface area contributed by atoms with Crippen LogP contribution in [0.3, 0.4) is 0 Å². The Morgan fingerprint density at radius 3 is 2.32 bits per heavy atom. The van der Waals surface area contributed by atoms with E-state index in [1.54, 1.807) is 4.68 Å². The average molecular weight is 491 g/mol. The van der Waals surface area contributed by atoms with Crippen molar-refractivity contribution in [2.24, 2.45) is 0 Å². The van der Waals surface area contributed by atoms with Crippen LogP contribution in [0.5, 0.6) is 0 Å². The maximum absolute atomic E-state index is 13.1. The van der Waals surface area contributed by atoms with Gasteiger partial charge in [0.1, 0.15) is 0 Å². The molecule has 7 nitrogen and oxygen atoms in total. The molecule has 5 rings (SSSR count). The Balaban J connectivity index is 1.42. The number of amides is 1. The molecule has 0 fully saturated rings. The summed E-state index contributed by atoms with van der Waals surface area (Å²) in [5, 5.41) is 11.2. The minimum absolute atomic E-state index is 0.0514. The first-order valence-electron chi connectivity index (χ1n) is 12.5.